The predicted molar refractivity (Wildman–Crippen MR) is 110 cm³/mol. The quantitative estimate of drug-likeness (QED) is 0.597. The molecule has 0 aliphatic carbocycles. The number of ether oxygens (including phenoxy) is 1. The third-order valence-electron chi connectivity index (χ3n) is 4.60. The van der Waals surface area contributed by atoms with Crippen molar-refractivity contribution in [3.05, 3.63) is 59.2 Å². The van der Waals surface area contributed by atoms with Crippen LogP contribution in [0.4, 0.5) is 5.69 Å². The zero-order chi connectivity index (χ0) is 20.5. The van der Waals surface area contributed by atoms with Crippen LogP contribution >= 0.6 is 0 Å². The lowest BCUT2D eigenvalue weighted by molar-refractivity contribution is -0.118. The molecule has 0 unspecified atom stereocenters. The number of hydrogen-bond donors (Lipinski definition) is 0. The van der Waals surface area contributed by atoms with Crippen LogP contribution in [0.3, 0.4) is 0 Å². The van der Waals surface area contributed by atoms with Gasteiger partial charge in [0.15, 0.2) is 5.78 Å². The van der Waals surface area contributed by atoms with E-state index in [1.807, 2.05) is 32.9 Å². The highest BCUT2D eigenvalue weighted by Gasteiger charge is 2.18. The lowest BCUT2D eigenvalue weighted by Gasteiger charge is -2.22. The van der Waals surface area contributed by atoms with Gasteiger partial charge in [-0.1, -0.05) is 12.1 Å². The molecule has 5 nitrogen and oxygen atoms in total. The molecular formula is C23H26N2O3. The van der Waals surface area contributed by atoms with Gasteiger partial charge < -0.3 is 9.64 Å². The molecule has 1 amide bonds. The Balaban J connectivity index is 2.06. The molecule has 2 rings (SSSR count). The van der Waals surface area contributed by atoms with Gasteiger partial charge in [-0.25, -0.2) is 0 Å². The maximum Gasteiger partial charge on any atom is 0.227 e. The summed E-state index contributed by atoms with van der Waals surface area (Å²) in [5, 5.41) is 8.91. The molecule has 0 radical (unpaired) electrons. The summed E-state index contributed by atoms with van der Waals surface area (Å²) in [6.45, 7) is 6.73. The molecule has 0 heterocycles. The van der Waals surface area contributed by atoms with Gasteiger partial charge in [-0.2, -0.15) is 5.26 Å². The molecule has 0 aliphatic heterocycles. The van der Waals surface area contributed by atoms with Crippen molar-refractivity contribution < 1.29 is 14.3 Å². The summed E-state index contributed by atoms with van der Waals surface area (Å²) >= 11 is 0. The highest BCUT2D eigenvalue weighted by molar-refractivity contribution is 6.01. The van der Waals surface area contributed by atoms with Crippen molar-refractivity contribution in [3.8, 4) is 11.8 Å². The maximum absolute atomic E-state index is 12.8. The van der Waals surface area contributed by atoms with E-state index in [2.05, 4.69) is 6.07 Å². The maximum atomic E-state index is 12.8. The van der Waals surface area contributed by atoms with E-state index in [0.29, 0.717) is 24.4 Å². The topological polar surface area (TPSA) is 70.4 Å². The Morgan fingerprint density at radius 3 is 2.36 bits per heavy atom. The average molecular weight is 378 g/mol. The van der Waals surface area contributed by atoms with Crippen molar-refractivity contribution in [2.45, 2.75) is 40.0 Å². The van der Waals surface area contributed by atoms with E-state index in [-0.39, 0.29) is 31.0 Å². The van der Waals surface area contributed by atoms with Gasteiger partial charge in [-0.15, -0.1) is 0 Å². The fourth-order valence-electron chi connectivity index (χ4n) is 2.86. The minimum atomic E-state index is -0.170. The smallest absolute Gasteiger partial charge is 0.227 e. The molecule has 2 aromatic rings. The van der Waals surface area contributed by atoms with Gasteiger partial charge >= 0.3 is 0 Å². The lowest BCUT2D eigenvalue weighted by Crippen LogP contribution is -2.32. The number of carbonyl (C=O) groups is 2. The Bertz CT molecular complexity index is 866. The number of amides is 1. The van der Waals surface area contributed by atoms with Gasteiger partial charge in [0.05, 0.1) is 19.1 Å². The van der Waals surface area contributed by atoms with Crippen molar-refractivity contribution in [2.24, 2.45) is 0 Å². The van der Waals surface area contributed by atoms with Crippen molar-refractivity contribution >= 4 is 17.4 Å². The van der Waals surface area contributed by atoms with Gasteiger partial charge in [0.1, 0.15) is 5.75 Å². The summed E-state index contributed by atoms with van der Waals surface area (Å²) in [4.78, 5) is 26.8. The molecular weight excluding hydrogens is 352 g/mol. The molecule has 0 bridgehead atoms. The molecule has 0 atom stereocenters. The first-order chi connectivity index (χ1) is 13.5. The lowest BCUT2D eigenvalue weighted by atomic mass is 10.0. The van der Waals surface area contributed by atoms with Gasteiger partial charge in [0.25, 0.3) is 0 Å². The minimum Gasteiger partial charge on any atom is -0.494 e. The van der Waals surface area contributed by atoms with Crippen molar-refractivity contribution in [3.63, 3.8) is 0 Å². The van der Waals surface area contributed by atoms with Gasteiger partial charge in [-0.3, -0.25) is 9.59 Å². The van der Waals surface area contributed by atoms with E-state index in [4.69, 9.17) is 10.00 Å². The second kappa shape index (κ2) is 10.3. The van der Waals surface area contributed by atoms with E-state index in [9.17, 15) is 9.59 Å². The third-order valence-corrected chi connectivity index (χ3v) is 4.60. The molecule has 0 spiro atoms. The van der Waals surface area contributed by atoms with Crippen LogP contribution in [0.2, 0.25) is 0 Å². The number of anilines is 1. The summed E-state index contributed by atoms with van der Waals surface area (Å²) in [6.07, 6.45) is 0.468. The van der Waals surface area contributed by atoms with Crippen LogP contribution in [-0.2, 0) is 4.79 Å². The first-order valence-corrected chi connectivity index (χ1v) is 9.47. The SMILES string of the molecule is CCOc1ccc(N(CCC#N)C(=O)CCC(=O)c2ccc(C)c(C)c2)cc1. The molecule has 28 heavy (non-hydrogen) atoms. The summed E-state index contributed by atoms with van der Waals surface area (Å²) in [5.41, 5.74) is 3.51. The number of carbonyl (C=O) groups excluding carboxylic acids is 2. The van der Waals surface area contributed by atoms with E-state index < -0.39 is 0 Å². The van der Waals surface area contributed by atoms with Crippen LogP contribution in [0, 0.1) is 25.2 Å². The minimum absolute atomic E-state index is 0.0524. The van der Waals surface area contributed by atoms with Crippen molar-refractivity contribution in [1.29, 1.82) is 5.26 Å². The Labute approximate surface area is 166 Å². The van der Waals surface area contributed by atoms with Crippen LogP contribution in [0.25, 0.3) is 0 Å². The molecule has 0 fully saturated rings. The number of hydrogen-bond acceptors (Lipinski definition) is 4. The number of ketones is 1. The second-order valence-electron chi connectivity index (χ2n) is 6.60. The summed E-state index contributed by atoms with van der Waals surface area (Å²) in [6, 6.07) is 14.8. The average Bonchev–Trinajstić information content (AvgIpc) is 2.70. The van der Waals surface area contributed by atoms with E-state index in [1.54, 1.807) is 35.2 Å². The first kappa shape index (κ1) is 21.2. The van der Waals surface area contributed by atoms with Crippen LogP contribution < -0.4 is 9.64 Å². The second-order valence-corrected chi connectivity index (χ2v) is 6.60. The fourth-order valence-corrected chi connectivity index (χ4v) is 2.86. The van der Waals surface area contributed by atoms with Gasteiger partial charge in [-0.05, 0) is 62.2 Å². The molecule has 0 saturated carbocycles. The Morgan fingerprint density at radius 1 is 1.04 bits per heavy atom. The summed E-state index contributed by atoms with van der Waals surface area (Å²) in [5.74, 6) is 0.504. The fraction of sp³-hybridized carbons (Fsp3) is 0.348. The zero-order valence-corrected chi connectivity index (χ0v) is 16.7. The molecule has 0 saturated heterocycles. The van der Waals surface area contributed by atoms with Crippen LogP contribution in [0.15, 0.2) is 42.5 Å². The zero-order valence-electron chi connectivity index (χ0n) is 16.7. The number of nitriles is 1. The number of rotatable bonds is 9. The van der Waals surface area contributed by atoms with Crippen LogP contribution in [0.1, 0.15) is 47.7 Å². The molecule has 146 valence electrons. The van der Waals surface area contributed by atoms with Crippen LogP contribution in [-0.4, -0.2) is 24.8 Å². The Kier molecular flexibility index (Phi) is 7.76. The molecule has 0 aromatic heterocycles. The van der Waals surface area contributed by atoms with Gasteiger partial charge in [0, 0.05) is 30.6 Å². The standard InChI is InChI=1S/C23H26N2O3/c1-4-28-21-10-8-20(9-11-21)25(15-5-14-24)23(27)13-12-22(26)19-7-6-17(2)18(3)16-19/h6-11,16H,4-5,12-13,15H2,1-3H3. The number of benzene rings is 2. The normalized spacial score (nSPS) is 10.2. The highest BCUT2D eigenvalue weighted by Crippen LogP contribution is 2.21. The Hall–Kier alpha value is -3.13. The molecule has 0 aliphatic rings. The van der Waals surface area contributed by atoms with Crippen LogP contribution in [0.5, 0.6) is 5.75 Å². The molecule has 2 aromatic carbocycles. The number of aryl methyl sites for hydroxylation is 2. The van der Waals surface area contributed by atoms with Crippen molar-refractivity contribution in [2.75, 3.05) is 18.1 Å². The number of nitrogens with zero attached hydrogens (tertiary/aromatic N) is 2. The monoisotopic (exact) mass is 378 g/mol. The summed E-state index contributed by atoms with van der Waals surface area (Å²) in [7, 11) is 0. The van der Waals surface area contributed by atoms with E-state index >= 15 is 0 Å². The predicted octanol–water partition coefficient (Wildman–Crippen LogP) is 4.61. The number of Topliss-reactive ketones (excluding diaryl/α,β-unsaturated/α-hetero) is 1. The highest BCUT2D eigenvalue weighted by atomic mass is 16.5. The molecule has 0 N–H and O–H groups in total. The van der Waals surface area contributed by atoms with Crippen molar-refractivity contribution in [1.82, 2.24) is 0 Å². The van der Waals surface area contributed by atoms with E-state index in [1.165, 1.54) is 0 Å². The summed E-state index contributed by atoms with van der Waals surface area (Å²) < 4.78 is 5.43. The first-order valence-electron chi connectivity index (χ1n) is 9.47. The largest absolute Gasteiger partial charge is 0.494 e. The molecule has 5 heteroatoms. The van der Waals surface area contributed by atoms with E-state index in [0.717, 1.165) is 16.9 Å². The van der Waals surface area contributed by atoms with Gasteiger partial charge in [0.2, 0.25) is 5.91 Å². The third kappa shape index (κ3) is 5.68. The Morgan fingerprint density at radius 2 is 1.75 bits per heavy atom.